The van der Waals surface area contributed by atoms with Crippen molar-refractivity contribution >= 4 is 27.3 Å². The third-order valence-electron chi connectivity index (χ3n) is 2.14. The highest BCUT2D eigenvalue weighted by molar-refractivity contribution is 7.16. The summed E-state index contributed by atoms with van der Waals surface area (Å²) in [5, 5.41) is 0. The molecule has 0 amide bonds. The van der Waals surface area contributed by atoms with Crippen LogP contribution < -0.4 is 9.61 Å². The molecule has 0 unspecified atom stereocenters. The zero-order valence-corrected chi connectivity index (χ0v) is 9.10. The van der Waals surface area contributed by atoms with Gasteiger partial charge in [-0.25, -0.2) is 0 Å². The van der Waals surface area contributed by atoms with Crippen molar-refractivity contribution in [3.63, 3.8) is 0 Å². The van der Waals surface area contributed by atoms with E-state index in [4.69, 9.17) is 4.74 Å². The molecule has 0 atom stereocenters. The zero-order chi connectivity index (χ0) is 11.0. The number of ketones is 1. The van der Waals surface area contributed by atoms with Crippen LogP contribution >= 0.6 is 11.3 Å². The number of benzene rings is 1. The van der Waals surface area contributed by atoms with Gasteiger partial charge in [-0.3, -0.25) is 9.59 Å². The number of Topliss-reactive ketones (excluding diaryl/α,β-unsaturated/α-hetero) is 1. The van der Waals surface area contributed by atoms with Gasteiger partial charge in [0, 0.05) is 5.56 Å². The van der Waals surface area contributed by atoms with Crippen molar-refractivity contribution < 1.29 is 9.53 Å². The maximum atomic E-state index is 11.3. The van der Waals surface area contributed by atoms with E-state index in [0.717, 1.165) is 11.3 Å². The van der Waals surface area contributed by atoms with Crippen LogP contribution in [0.5, 0.6) is 5.75 Å². The Hall–Kier alpha value is -1.62. The summed E-state index contributed by atoms with van der Waals surface area (Å²) in [6, 6.07) is 3.36. The number of nitrogens with one attached hydrogen (secondary N) is 1. The number of ether oxygens (including phenoxy) is 1. The highest BCUT2D eigenvalue weighted by Gasteiger charge is 2.12. The number of hydrogen-bond acceptors (Lipinski definition) is 4. The Morgan fingerprint density at radius 2 is 2.20 bits per heavy atom. The summed E-state index contributed by atoms with van der Waals surface area (Å²) >= 11 is 1.02. The minimum atomic E-state index is -0.183. The minimum Gasteiger partial charge on any atom is -0.495 e. The lowest BCUT2D eigenvalue weighted by Gasteiger charge is -2.03. The average Bonchev–Trinajstić information content (AvgIpc) is 2.56. The van der Waals surface area contributed by atoms with E-state index in [-0.39, 0.29) is 10.7 Å². The Bertz CT molecular complexity index is 582. The van der Waals surface area contributed by atoms with Crippen molar-refractivity contribution in [3.8, 4) is 5.75 Å². The molecular weight excluding hydrogens is 214 g/mol. The van der Waals surface area contributed by atoms with Gasteiger partial charge in [0.2, 0.25) is 0 Å². The number of thiazole rings is 1. The van der Waals surface area contributed by atoms with E-state index >= 15 is 0 Å². The highest BCUT2D eigenvalue weighted by atomic mass is 32.1. The van der Waals surface area contributed by atoms with E-state index in [1.807, 2.05) is 0 Å². The van der Waals surface area contributed by atoms with Gasteiger partial charge in [0.25, 0.3) is 0 Å². The van der Waals surface area contributed by atoms with Crippen LogP contribution in [0.3, 0.4) is 0 Å². The average molecular weight is 223 g/mol. The number of fused-ring (bicyclic) bond motifs is 1. The molecule has 0 aliphatic rings. The Morgan fingerprint density at radius 1 is 1.47 bits per heavy atom. The molecule has 5 heteroatoms. The molecule has 1 aromatic heterocycles. The number of aromatic amines is 1. The summed E-state index contributed by atoms with van der Waals surface area (Å²) < 4.78 is 5.76. The van der Waals surface area contributed by atoms with Gasteiger partial charge in [0.15, 0.2) is 5.78 Å². The van der Waals surface area contributed by atoms with Gasteiger partial charge in [-0.05, 0) is 19.1 Å². The summed E-state index contributed by atoms with van der Waals surface area (Å²) in [7, 11) is 1.53. The van der Waals surface area contributed by atoms with Crippen LogP contribution in [0.4, 0.5) is 0 Å². The van der Waals surface area contributed by atoms with E-state index in [2.05, 4.69) is 4.98 Å². The second kappa shape index (κ2) is 3.51. The first-order chi connectivity index (χ1) is 7.13. The second-order valence-corrected chi connectivity index (χ2v) is 4.07. The van der Waals surface area contributed by atoms with Gasteiger partial charge >= 0.3 is 4.87 Å². The van der Waals surface area contributed by atoms with Crippen LogP contribution in [-0.4, -0.2) is 17.9 Å². The topological polar surface area (TPSA) is 59.2 Å². The van der Waals surface area contributed by atoms with E-state index in [1.165, 1.54) is 14.0 Å². The molecule has 0 spiro atoms. The SMILES string of the molecule is COc1ccc(C(C)=O)c2sc(=O)[nH]c12. The van der Waals surface area contributed by atoms with Crippen molar-refractivity contribution in [2.24, 2.45) is 0 Å². The van der Waals surface area contributed by atoms with Crippen molar-refractivity contribution in [2.75, 3.05) is 7.11 Å². The molecule has 1 aromatic carbocycles. The van der Waals surface area contributed by atoms with Crippen LogP contribution in [0.1, 0.15) is 17.3 Å². The van der Waals surface area contributed by atoms with Crippen LogP contribution in [0.25, 0.3) is 10.2 Å². The molecule has 0 fully saturated rings. The maximum absolute atomic E-state index is 11.3. The predicted molar refractivity (Wildman–Crippen MR) is 59.0 cm³/mol. The fraction of sp³-hybridized carbons (Fsp3) is 0.200. The number of carbonyl (C=O) groups is 1. The number of H-pyrrole nitrogens is 1. The van der Waals surface area contributed by atoms with E-state index < -0.39 is 0 Å². The first-order valence-corrected chi connectivity index (χ1v) is 5.16. The van der Waals surface area contributed by atoms with E-state index in [0.29, 0.717) is 21.5 Å². The molecule has 0 radical (unpaired) electrons. The van der Waals surface area contributed by atoms with Gasteiger partial charge < -0.3 is 9.72 Å². The Balaban J connectivity index is 2.88. The second-order valence-electron chi connectivity index (χ2n) is 3.09. The first kappa shape index (κ1) is 9.92. The third kappa shape index (κ3) is 1.55. The molecule has 0 aliphatic carbocycles. The first-order valence-electron chi connectivity index (χ1n) is 4.34. The van der Waals surface area contributed by atoms with Gasteiger partial charge in [0.05, 0.1) is 11.8 Å². The normalized spacial score (nSPS) is 10.5. The lowest BCUT2D eigenvalue weighted by Crippen LogP contribution is -1.94. The summed E-state index contributed by atoms with van der Waals surface area (Å²) in [6.45, 7) is 1.48. The molecular formula is C10H9NO3S. The standard InChI is InChI=1S/C10H9NO3S/c1-5(12)6-3-4-7(14-2)8-9(6)15-10(13)11-8/h3-4H,1-2H3,(H,11,13). The third-order valence-corrected chi connectivity index (χ3v) is 3.06. The van der Waals surface area contributed by atoms with Crippen molar-refractivity contribution in [2.45, 2.75) is 6.92 Å². The maximum Gasteiger partial charge on any atom is 0.305 e. The fourth-order valence-corrected chi connectivity index (χ4v) is 2.37. The van der Waals surface area contributed by atoms with Gasteiger partial charge in [-0.2, -0.15) is 0 Å². The van der Waals surface area contributed by atoms with E-state index in [1.54, 1.807) is 12.1 Å². The summed E-state index contributed by atoms with van der Waals surface area (Å²) in [4.78, 5) is 25.0. The summed E-state index contributed by atoms with van der Waals surface area (Å²) in [6.07, 6.45) is 0. The molecule has 1 heterocycles. The molecule has 15 heavy (non-hydrogen) atoms. The number of carbonyl (C=O) groups excluding carboxylic acids is 1. The molecule has 78 valence electrons. The molecule has 1 N–H and O–H groups in total. The van der Waals surface area contributed by atoms with E-state index in [9.17, 15) is 9.59 Å². The smallest absolute Gasteiger partial charge is 0.305 e. The molecule has 4 nitrogen and oxygen atoms in total. The molecule has 0 saturated heterocycles. The Labute approximate surface area is 89.5 Å². The number of hydrogen-bond donors (Lipinski definition) is 1. The molecule has 2 rings (SSSR count). The Kier molecular flexibility index (Phi) is 2.32. The van der Waals surface area contributed by atoms with Gasteiger partial charge in [0.1, 0.15) is 11.3 Å². The van der Waals surface area contributed by atoms with Crippen LogP contribution in [0.15, 0.2) is 16.9 Å². The van der Waals surface area contributed by atoms with Crippen molar-refractivity contribution in [1.29, 1.82) is 0 Å². The number of aromatic nitrogens is 1. The fourth-order valence-electron chi connectivity index (χ4n) is 1.46. The molecule has 0 aliphatic heterocycles. The number of methoxy groups -OCH3 is 1. The van der Waals surface area contributed by atoms with Crippen molar-refractivity contribution in [1.82, 2.24) is 4.98 Å². The zero-order valence-electron chi connectivity index (χ0n) is 8.29. The van der Waals surface area contributed by atoms with Gasteiger partial charge in [-0.15, -0.1) is 0 Å². The monoisotopic (exact) mass is 223 g/mol. The summed E-state index contributed by atoms with van der Waals surface area (Å²) in [5.74, 6) is 0.520. The van der Waals surface area contributed by atoms with Crippen LogP contribution in [0, 0.1) is 0 Å². The van der Waals surface area contributed by atoms with Crippen LogP contribution in [-0.2, 0) is 0 Å². The quantitative estimate of drug-likeness (QED) is 0.790. The lowest BCUT2D eigenvalue weighted by atomic mass is 10.1. The molecule has 2 aromatic rings. The number of rotatable bonds is 2. The molecule has 0 saturated carbocycles. The van der Waals surface area contributed by atoms with Crippen molar-refractivity contribution in [3.05, 3.63) is 27.4 Å². The van der Waals surface area contributed by atoms with Crippen LogP contribution in [0.2, 0.25) is 0 Å². The predicted octanol–water partition coefficient (Wildman–Crippen LogP) is 1.80. The minimum absolute atomic E-state index is 0.0575. The summed E-state index contributed by atoms with van der Waals surface area (Å²) in [5.41, 5.74) is 1.15. The lowest BCUT2D eigenvalue weighted by molar-refractivity contribution is 0.101. The molecule has 0 bridgehead atoms. The highest BCUT2D eigenvalue weighted by Crippen LogP contribution is 2.28. The van der Waals surface area contributed by atoms with Gasteiger partial charge in [-0.1, -0.05) is 11.3 Å². The Morgan fingerprint density at radius 3 is 2.80 bits per heavy atom. The largest absolute Gasteiger partial charge is 0.495 e.